The van der Waals surface area contributed by atoms with Crippen LogP contribution in [0.2, 0.25) is 5.02 Å². The summed E-state index contributed by atoms with van der Waals surface area (Å²) in [5.74, 6) is -0.602. The van der Waals surface area contributed by atoms with Gasteiger partial charge in [0.2, 0.25) is 11.8 Å². The second-order valence-electron chi connectivity index (χ2n) is 6.78. The summed E-state index contributed by atoms with van der Waals surface area (Å²) in [6.45, 7) is 2.54. The zero-order chi connectivity index (χ0) is 18.5. The van der Waals surface area contributed by atoms with Crippen LogP contribution >= 0.6 is 11.6 Å². The number of amides is 2. The van der Waals surface area contributed by atoms with E-state index in [2.05, 4.69) is 22.8 Å². The van der Waals surface area contributed by atoms with Crippen molar-refractivity contribution in [1.29, 1.82) is 0 Å². The van der Waals surface area contributed by atoms with Gasteiger partial charge in [0.1, 0.15) is 0 Å². The number of nitrogens with one attached hydrogen (secondary N) is 2. The highest BCUT2D eigenvalue weighted by Gasteiger charge is 2.47. The molecular formula is C21H23ClN2O2. The highest BCUT2D eigenvalue weighted by molar-refractivity contribution is 6.31. The summed E-state index contributed by atoms with van der Waals surface area (Å²) in [5, 5.41) is 6.41. The number of rotatable bonds is 7. The summed E-state index contributed by atoms with van der Waals surface area (Å²) >= 11 is 5.97. The molecule has 2 aromatic carbocycles. The van der Waals surface area contributed by atoms with Crippen molar-refractivity contribution in [2.75, 3.05) is 11.9 Å². The third-order valence-corrected chi connectivity index (χ3v) is 4.94. The van der Waals surface area contributed by atoms with Gasteiger partial charge in [0.25, 0.3) is 0 Å². The van der Waals surface area contributed by atoms with Crippen molar-refractivity contribution in [3.8, 4) is 0 Å². The molecule has 5 heteroatoms. The van der Waals surface area contributed by atoms with Crippen LogP contribution in [0.15, 0.2) is 48.5 Å². The molecule has 0 bridgehead atoms. The zero-order valence-corrected chi connectivity index (χ0v) is 15.6. The van der Waals surface area contributed by atoms with E-state index in [1.165, 1.54) is 5.56 Å². The fourth-order valence-corrected chi connectivity index (χ4v) is 3.18. The first-order valence-electron chi connectivity index (χ1n) is 8.93. The van der Waals surface area contributed by atoms with E-state index in [1.54, 1.807) is 12.1 Å². The lowest BCUT2D eigenvalue weighted by Gasteiger charge is -2.09. The Hall–Kier alpha value is -2.33. The van der Waals surface area contributed by atoms with E-state index in [0.29, 0.717) is 23.7 Å². The second-order valence-corrected chi connectivity index (χ2v) is 7.21. The van der Waals surface area contributed by atoms with Crippen molar-refractivity contribution in [3.63, 3.8) is 0 Å². The third-order valence-electron chi connectivity index (χ3n) is 4.71. The Kier molecular flexibility index (Phi) is 5.94. The largest absolute Gasteiger partial charge is 0.356 e. The molecule has 0 saturated heterocycles. The van der Waals surface area contributed by atoms with E-state index in [1.807, 2.05) is 31.2 Å². The van der Waals surface area contributed by atoms with Gasteiger partial charge in [-0.25, -0.2) is 0 Å². The summed E-state index contributed by atoms with van der Waals surface area (Å²) in [6.07, 6.45) is 2.43. The van der Waals surface area contributed by atoms with Crippen LogP contribution in [0.5, 0.6) is 0 Å². The standard InChI is InChI=1S/C21H23ClN2O2/c1-14-9-10-16(22)12-19(14)24-21(26)18-13-17(18)20(25)23-11-5-8-15-6-3-2-4-7-15/h2-4,6-7,9-10,12,17-18H,5,8,11,13H2,1H3,(H,23,25)(H,24,26). The number of hydrogen-bond donors (Lipinski definition) is 2. The smallest absolute Gasteiger partial charge is 0.228 e. The van der Waals surface area contributed by atoms with E-state index >= 15 is 0 Å². The molecule has 1 aliphatic rings. The van der Waals surface area contributed by atoms with Gasteiger partial charge in [0, 0.05) is 17.3 Å². The van der Waals surface area contributed by atoms with Gasteiger partial charge in [-0.15, -0.1) is 0 Å². The third kappa shape index (κ3) is 4.85. The highest BCUT2D eigenvalue weighted by atomic mass is 35.5. The molecule has 0 heterocycles. The summed E-state index contributed by atoms with van der Waals surface area (Å²) in [6, 6.07) is 15.6. The van der Waals surface area contributed by atoms with E-state index in [4.69, 9.17) is 11.6 Å². The molecule has 2 unspecified atom stereocenters. The fourth-order valence-electron chi connectivity index (χ4n) is 3.01. The Balaban J connectivity index is 1.40. The van der Waals surface area contributed by atoms with Crippen molar-refractivity contribution < 1.29 is 9.59 Å². The molecule has 2 atom stereocenters. The number of carbonyl (C=O) groups is 2. The molecule has 4 nitrogen and oxygen atoms in total. The molecule has 0 aromatic heterocycles. The number of halogens is 1. The first kappa shape index (κ1) is 18.5. The number of hydrogen-bond acceptors (Lipinski definition) is 2. The summed E-state index contributed by atoms with van der Waals surface area (Å²) in [5.41, 5.74) is 2.92. The predicted molar refractivity (Wildman–Crippen MR) is 104 cm³/mol. The highest BCUT2D eigenvalue weighted by Crippen LogP contribution is 2.39. The van der Waals surface area contributed by atoms with Crippen molar-refractivity contribution >= 4 is 29.1 Å². The summed E-state index contributed by atoms with van der Waals surface area (Å²) < 4.78 is 0. The number of benzene rings is 2. The predicted octanol–water partition coefficient (Wildman–Crippen LogP) is 3.97. The number of aryl methyl sites for hydroxylation is 2. The van der Waals surface area contributed by atoms with Crippen LogP contribution in [0.3, 0.4) is 0 Å². The molecular weight excluding hydrogens is 348 g/mol. The van der Waals surface area contributed by atoms with Gasteiger partial charge >= 0.3 is 0 Å². The van der Waals surface area contributed by atoms with Crippen LogP contribution in [0, 0.1) is 18.8 Å². The van der Waals surface area contributed by atoms with E-state index < -0.39 is 0 Å². The van der Waals surface area contributed by atoms with E-state index in [-0.39, 0.29) is 23.7 Å². The summed E-state index contributed by atoms with van der Waals surface area (Å²) in [4.78, 5) is 24.5. The minimum absolute atomic E-state index is 0.0268. The van der Waals surface area contributed by atoms with E-state index in [9.17, 15) is 9.59 Å². The molecule has 0 radical (unpaired) electrons. The Labute approximate surface area is 158 Å². The lowest BCUT2D eigenvalue weighted by molar-refractivity contribution is -0.125. The van der Waals surface area contributed by atoms with E-state index in [0.717, 1.165) is 18.4 Å². The molecule has 2 amide bonds. The van der Waals surface area contributed by atoms with Crippen LogP contribution < -0.4 is 10.6 Å². The number of carbonyl (C=O) groups excluding carboxylic acids is 2. The molecule has 1 saturated carbocycles. The van der Waals surface area contributed by atoms with Crippen LogP contribution in [0.4, 0.5) is 5.69 Å². The minimum Gasteiger partial charge on any atom is -0.356 e. The monoisotopic (exact) mass is 370 g/mol. The topological polar surface area (TPSA) is 58.2 Å². The summed E-state index contributed by atoms with van der Waals surface area (Å²) in [7, 11) is 0. The van der Waals surface area contributed by atoms with Gasteiger partial charge in [-0.1, -0.05) is 48.0 Å². The van der Waals surface area contributed by atoms with Crippen molar-refractivity contribution in [2.24, 2.45) is 11.8 Å². The quantitative estimate of drug-likeness (QED) is 0.724. The second kappa shape index (κ2) is 8.37. The maximum absolute atomic E-state index is 12.3. The maximum atomic E-state index is 12.3. The van der Waals surface area contributed by atoms with Crippen LogP contribution in [0.1, 0.15) is 24.0 Å². The van der Waals surface area contributed by atoms with Gasteiger partial charge in [-0.2, -0.15) is 0 Å². The Morgan fingerprint density at radius 2 is 1.81 bits per heavy atom. The van der Waals surface area contributed by atoms with Gasteiger partial charge in [0.05, 0.1) is 11.8 Å². The van der Waals surface area contributed by atoms with Crippen molar-refractivity contribution in [2.45, 2.75) is 26.2 Å². The first-order valence-corrected chi connectivity index (χ1v) is 9.31. The van der Waals surface area contributed by atoms with Gasteiger partial charge in [0.15, 0.2) is 0 Å². The lowest BCUT2D eigenvalue weighted by atomic mass is 10.1. The van der Waals surface area contributed by atoms with Crippen molar-refractivity contribution in [3.05, 3.63) is 64.7 Å². The minimum atomic E-state index is -0.248. The fraction of sp³-hybridized carbons (Fsp3) is 0.333. The molecule has 2 aromatic rings. The van der Waals surface area contributed by atoms with Gasteiger partial charge in [-0.3, -0.25) is 9.59 Å². The van der Waals surface area contributed by atoms with Gasteiger partial charge < -0.3 is 10.6 Å². The molecule has 26 heavy (non-hydrogen) atoms. The Morgan fingerprint density at radius 1 is 1.08 bits per heavy atom. The molecule has 1 aliphatic carbocycles. The molecule has 0 spiro atoms. The Bertz CT molecular complexity index is 792. The average Bonchev–Trinajstić information content (AvgIpc) is 3.43. The average molecular weight is 371 g/mol. The molecule has 136 valence electrons. The molecule has 2 N–H and O–H groups in total. The molecule has 0 aliphatic heterocycles. The maximum Gasteiger partial charge on any atom is 0.228 e. The SMILES string of the molecule is Cc1ccc(Cl)cc1NC(=O)C1CC1C(=O)NCCCc1ccccc1. The lowest BCUT2D eigenvalue weighted by Crippen LogP contribution is -2.28. The van der Waals surface area contributed by atoms with Gasteiger partial charge in [-0.05, 0) is 49.4 Å². The van der Waals surface area contributed by atoms with Crippen LogP contribution in [0.25, 0.3) is 0 Å². The molecule has 3 rings (SSSR count). The first-order chi connectivity index (χ1) is 12.5. The molecule has 1 fully saturated rings. The number of anilines is 1. The zero-order valence-electron chi connectivity index (χ0n) is 14.8. The van der Waals surface area contributed by atoms with Crippen LogP contribution in [-0.2, 0) is 16.0 Å². The normalized spacial score (nSPS) is 18.2. The Morgan fingerprint density at radius 3 is 2.58 bits per heavy atom. The van der Waals surface area contributed by atoms with Crippen LogP contribution in [-0.4, -0.2) is 18.4 Å². The van der Waals surface area contributed by atoms with Crippen molar-refractivity contribution in [1.82, 2.24) is 5.32 Å².